The third-order valence-corrected chi connectivity index (χ3v) is 3.01. The molecule has 0 aromatic heterocycles. The highest BCUT2D eigenvalue weighted by molar-refractivity contribution is 4.87. The molecule has 0 nitrogen and oxygen atoms in total. The Labute approximate surface area is 69.2 Å². The summed E-state index contributed by atoms with van der Waals surface area (Å²) in [7, 11) is 0. The molecule has 0 heterocycles. The fourth-order valence-electron chi connectivity index (χ4n) is 1.90. The van der Waals surface area contributed by atoms with Crippen molar-refractivity contribution in [3.05, 3.63) is 0 Å². The number of alkyl halides is 1. The molecule has 0 aromatic rings. The van der Waals surface area contributed by atoms with Crippen LogP contribution in [0.5, 0.6) is 0 Å². The zero-order valence-electron chi connectivity index (χ0n) is 8.02. The van der Waals surface area contributed by atoms with Crippen molar-refractivity contribution >= 4 is 0 Å². The fourth-order valence-corrected chi connectivity index (χ4v) is 1.90. The molecule has 1 heteroatoms. The lowest BCUT2D eigenvalue weighted by atomic mass is 9.79. The molecule has 0 bridgehead atoms. The minimum atomic E-state index is -0.542. The minimum absolute atomic E-state index is 0.291. The van der Waals surface area contributed by atoms with Crippen LogP contribution in [-0.2, 0) is 0 Å². The van der Waals surface area contributed by atoms with Crippen LogP contribution in [-0.4, -0.2) is 6.17 Å². The number of rotatable bonds is 0. The lowest BCUT2D eigenvalue weighted by Crippen LogP contribution is -2.17. The Balaban J connectivity index is 2.54. The Morgan fingerprint density at radius 3 is 1.91 bits per heavy atom. The Morgan fingerprint density at radius 1 is 1.18 bits per heavy atom. The topological polar surface area (TPSA) is 0 Å². The summed E-state index contributed by atoms with van der Waals surface area (Å²) in [4.78, 5) is 0. The second-order valence-electron chi connectivity index (χ2n) is 5.03. The summed E-state index contributed by atoms with van der Waals surface area (Å²) < 4.78 is 13.1. The predicted molar refractivity (Wildman–Crippen MR) is 46.2 cm³/mol. The van der Waals surface area contributed by atoms with Gasteiger partial charge in [-0.3, -0.25) is 0 Å². The molecule has 0 N–H and O–H groups in total. The summed E-state index contributed by atoms with van der Waals surface area (Å²) in [6, 6.07) is 0. The SMILES string of the molecule is C[C@@H]1CC(C(C)(C)C)C[C@H]1F. The molecule has 1 fully saturated rings. The normalized spacial score (nSPS) is 39.5. The van der Waals surface area contributed by atoms with E-state index in [2.05, 4.69) is 20.8 Å². The second kappa shape index (κ2) is 2.76. The van der Waals surface area contributed by atoms with Gasteiger partial charge in [0.05, 0.1) is 0 Å². The van der Waals surface area contributed by atoms with Crippen molar-refractivity contribution in [3.8, 4) is 0 Å². The van der Waals surface area contributed by atoms with Gasteiger partial charge in [0.25, 0.3) is 0 Å². The summed E-state index contributed by atoms with van der Waals surface area (Å²) in [5.41, 5.74) is 0.301. The lowest BCUT2D eigenvalue weighted by molar-refractivity contribution is 0.226. The van der Waals surface area contributed by atoms with Crippen LogP contribution in [0.25, 0.3) is 0 Å². The highest BCUT2D eigenvalue weighted by Gasteiger charge is 2.37. The van der Waals surface area contributed by atoms with Crippen molar-refractivity contribution in [2.75, 3.05) is 0 Å². The third-order valence-electron chi connectivity index (χ3n) is 3.01. The van der Waals surface area contributed by atoms with E-state index >= 15 is 0 Å². The summed E-state index contributed by atoms with van der Waals surface area (Å²) in [6.45, 7) is 8.66. The molecule has 1 aliphatic rings. The molecule has 11 heavy (non-hydrogen) atoms. The van der Waals surface area contributed by atoms with Gasteiger partial charge in [0.2, 0.25) is 0 Å². The Kier molecular flexibility index (Phi) is 2.27. The molecule has 0 aliphatic heterocycles. The number of hydrogen-bond acceptors (Lipinski definition) is 0. The molecule has 0 aromatic carbocycles. The van der Waals surface area contributed by atoms with E-state index in [0.717, 1.165) is 12.8 Å². The first kappa shape index (κ1) is 9.02. The van der Waals surface area contributed by atoms with Crippen molar-refractivity contribution in [2.45, 2.75) is 46.7 Å². The van der Waals surface area contributed by atoms with Crippen LogP contribution in [0.3, 0.4) is 0 Å². The van der Waals surface area contributed by atoms with Crippen molar-refractivity contribution < 1.29 is 4.39 Å². The largest absolute Gasteiger partial charge is 0.247 e. The minimum Gasteiger partial charge on any atom is -0.247 e. The monoisotopic (exact) mass is 158 g/mol. The van der Waals surface area contributed by atoms with Crippen molar-refractivity contribution in [1.29, 1.82) is 0 Å². The van der Waals surface area contributed by atoms with Gasteiger partial charge >= 0.3 is 0 Å². The van der Waals surface area contributed by atoms with Gasteiger partial charge in [-0.05, 0) is 30.1 Å². The van der Waals surface area contributed by atoms with E-state index in [0.29, 0.717) is 17.3 Å². The Morgan fingerprint density at radius 2 is 1.73 bits per heavy atom. The van der Waals surface area contributed by atoms with Crippen LogP contribution < -0.4 is 0 Å². The summed E-state index contributed by atoms with van der Waals surface area (Å²) >= 11 is 0. The molecule has 1 rings (SSSR count). The zero-order valence-corrected chi connectivity index (χ0v) is 8.02. The molecule has 1 saturated carbocycles. The summed E-state index contributed by atoms with van der Waals surface area (Å²) in [6.07, 6.45) is 1.31. The zero-order chi connectivity index (χ0) is 8.65. The van der Waals surface area contributed by atoms with Gasteiger partial charge < -0.3 is 0 Å². The maximum absolute atomic E-state index is 13.1. The van der Waals surface area contributed by atoms with Gasteiger partial charge in [-0.1, -0.05) is 27.7 Å². The molecule has 3 atom stereocenters. The maximum atomic E-state index is 13.1. The van der Waals surface area contributed by atoms with Crippen molar-refractivity contribution in [1.82, 2.24) is 0 Å². The van der Waals surface area contributed by atoms with E-state index in [1.807, 2.05) is 6.92 Å². The van der Waals surface area contributed by atoms with Crippen LogP contribution in [0, 0.1) is 17.3 Å². The van der Waals surface area contributed by atoms with Crippen molar-refractivity contribution in [3.63, 3.8) is 0 Å². The average Bonchev–Trinajstić information content (AvgIpc) is 2.11. The summed E-state index contributed by atoms with van der Waals surface area (Å²) in [5, 5.41) is 0. The first-order valence-corrected chi connectivity index (χ1v) is 4.55. The van der Waals surface area contributed by atoms with Gasteiger partial charge in [-0.15, -0.1) is 0 Å². The van der Waals surface area contributed by atoms with E-state index in [1.165, 1.54) is 0 Å². The molecule has 0 amide bonds. The fraction of sp³-hybridized carbons (Fsp3) is 1.00. The van der Waals surface area contributed by atoms with Gasteiger partial charge in [0.1, 0.15) is 6.17 Å². The maximum Gasteiger partial charge on any atom is 0.103 e. The Bertz CT molecular complexity index is 124. The number of halogens is 1. The van der Waals surface area contributed by atoms with Crippen LogP contribution in [0.1, 0.15) is 40.5 Å². The van der Waals surface area contributed by atoms with Gasteiger partial charge in [-0.2, -0.15) is 0 Å². The lowest BCUT2D eigenvalue weighted by Gasteiger charge is -2.26. The predicted octanol–water partition coefficient (Wildman–Crippen LogP) is 3.42. The van der Waals surface area contributed by atoms with Crippen molar-refractivity contribution in [2.24, 2.45) is 17.3 Å². The van der Waals surface area contributed by atoms with Crippen LogP contribution in [0.15, 0.2) is 0 Å². The first-order valence-electron chi connectivity index (χ1n) is 4.55. The van der Waals surface area contributed by atoms with E-state index in [4.69, 9.17) is 0 Å². The average molecular weight is 158 g/mol. The highest BCUT2D eigenvalue weighted by atomic mass is 19.1. The second-order valence-corrected chi connectivity index (χ2v) is 5.03. The van der Waals surface area contributed by atoms with E-state index < -0.39 is 6.17 Å². The standard InChI is InChI=1S/C10H19F/c1-7-5-8(6-9(7)11)10(2,3)4/h7-9H,5-6H2,1-4H3/t7-,8?,9-/m1/s1. The van der Waals surface area contributed by atoms with Gasteiger partial charge in [0, 0.05) is 0 Å². The molecule has 1 aliphatic carbocycles. The molecule has 0 spiro atoms. The molecule has 1 unspecified atom stereocenters. The molecular weight excluding hydrogens is 139 g/mol. The quantitative estimate of drug-likeness (QED) is 0.506. The van der Waals surface area contributed by atoms with E-state index in [1.54, 1.807) is 0 Å². The third kappa shape index (κ3) is 1.94. The first-order chi connectivity index (χ1) is 4.91. The van der Waals surface area contributed by atoms with Crippen LogP contribution >= 0.6 is 0 Å². The smallest absolute Gasteiger partial charge is 0.103 e. The summed E-state index contributed by atoms with van der Waals surface area (Å²) in [5.74, 6) is 0.881. The molecule has 0 radical (unpaired) electrons. The van der Waals surface area contributed by atoms with Crippen LogP contribution in [0.2, 0.25) is 0 Å². The van der Waals surface area contributed by atoms with Gasteiger partial charge in [-0.25, -0.2) is 4.39 Å². The molecular formula is C10H19F. The molecule has 66 valence electrons. The van der Waals surface area contributed by atoms with E-state index in [-0.39, 0.29) is 0 Å². The highest BCUT2D eigenvalue weighted by Crippen LogP contribution is 2.43. The number of hydrogen-bond donors (Lipinski definition) is 0. The van der Waals surface area contributed by atoms with E-state index in [9.17, 15) is 4.39 Å². The molecule has 0 saturated heterocycles. The van der Waals surface area contributed by atoms with Crippen LogP contribution in [0.4, 0.5) is 4.39 Å². The van der Waals surface area contributed by atoms with Gasteiger partial charge in [0.15, 0.2) is 0 Å². The Hall–Kier alpha value is -0.0700.